The lowest BCUT2D eigenvalue weighted by atomic mass is 9.87. The van der Waals surface area contributed by atoms with E-state index in [-0.39, 0.29) is 5.78 Å². The highest BCUT2D eigenvalue weighted by Gasteiger charge is 2.40. The van der Waals surface area contributed by atoms with Gasteiger partial charge in [0.1, 0.15) is 11.3 Å². The summed E-state index contributed by atoms with van der Waals surface area (Å²) >= 11 is 0. The van der Waals surface area contributed by atoms with Crippen LogP contribution in [0.3, 0.4) is 0 Å². The van der Waals surface area contributed by atoms with E-state index < -0.39 is 5.60 Å². The lowest BCUT2D eigenvalue weighted by Crippen LogP contribution is -2.41. The summed E-state index contributed by atoms with van der Waals surface area (Å²) in [5.41, 5.74) is 0.0263. The number of nitrogens with zero attached hydrogens (tertiary/aromatic N) is 2. The van der Waals surface area contributed by atoms with Crippen LogP contribution < -0.4 is 0 Å². The Morgan fingerprint density at radius 2 is 2.00 bits per heavy atom. The number of ether oxygens (including phenoxy) is 1. The minimum Gasteiger partial charge on any atom is -0.370 e. The number of aryl methyl sites for hydroxylation is 1. The fraction of sp³-hybridized carbons (Fsp3) is 0.692. The van der Waals surface area contributed by atoms with E-state index in [1.54, 1.807) is 31.1 Å². The maximum Gasteiger partial charge on any atom is 0.212 e. The molecule has 94 valence electrons. The zero-order chi connectivity index (χ0) is 12.3. The molecule has 0 aliphatic heterocycles. The van der Waals surface area contributed by atoms with E-state index in [0.717, 1.165) is 25.7 Å². The lowest BCUT2D eigenvalue weighted by Gasteiger charge is -2.29. The van der Waals surface area contributed by atoms with E-state index in [1.807, 2.05) is 0 Å². The normalized spacial score (nSPS) is 19.9. The molecule has 0 N–H and O–H groups in total. The molecule has 2 rings (SSSR count). The number of methoxy groups -OCH3 is 1. The summed E-state index contributed by atoms with van der Waals surface area (Å²) in [6.07, 6.45) is 7.84. The molecule has 1 saturated carbocycles. The highest BCUT2D eigenvalue weighted by molar-refractivity contribution is 6.01. The largest absolute Gasteiger partial charge is 0.370 e. The van der Waals surface area contributed by atoms with Crippen molar-refractivity contribution in [2.24, 2.45) is 7.05 Å². The fourth-order valence-electron chi connectivity index (χ4n) is 2.65. The molecule has 0 radical (unpaired) electrons. The van der Waals surface area contributed by atoms with Crippen molar-refractivity contribution in [2.45, 2.75) is 44.1 Å². The van der Waals surface area contributed by atoms with Crippen LogP contribution in [0.25, 0.3) is 0 Å². The Bertz CT molecular complexity index is 390. The SMILES string of the molecule is COC1(C(=O)c2ccnn2C)CCCCCC1. The minimum atomic E-state index is -0.621. The Morgan fingerprint density at radius 1 is 1.35 bits per heavy atom. The summed E-state index contributed by atoms with van der Waals surface area (Å²) in [6.45, 7) is 0. The first kappa shape index (κ1) is 12.3. The summed E-state index contributed by atoms with van der Waals surface area (Å²) in [6, 6.07) is 1.77. The smallest absolute Gasteiger partial charge is 0.212 e. The van der Waals surface area contributed by atoms with Gasteiger partial charge < -0.3 is 4.74 Å². The van der Waals surface area contributed by atoms with E-state index in [0.29, 0.717) is 5.69 Å². The number of hydrogen-bond acceptors (Lipinski definition) is 3. The molecular weight excluding hydrogens is 216 g/mol. The molecule has 1 fully saturated rings. The standard InChI is InChI=1S/C13H20N2O2/c1-15-11(7-10-14-15)12(16)13(17-2)8-5-3-4-6-9-13/h7,10H,3-6,8-9H2,1-2H3. The van der Waals surface area contributed by atoms with Crippen LogP contribution in [0.15, 0.2) is 12.3 Å². The third-order valence-corrected chi connectivity index (χ3v) is 3.77. The van der Waals surface area contributed by atoms with E-state index in [4.69, 9.17) is 4.74 Å². The molecule has 0 spiro atoms. The molecule has 4 heteroatoms. The van der Waals surface area contributed by atoms with Crippen LogP contribution in [0.1, 0.15) is 49.0 Å². The summed E-state index contributed by atoms with van der Waals surface area (Å²) in [5, 5.41) is 4.06. The molecule has 17 heavy (non-hydrogen) atoms. The third-order valence-electron chi connectivity index (χ3n) is 3.77. The maximum atomic E-state index is 12.6. The van der Waals surface area contributed by atoms with Gasteiger partial charge in [-0.25, -0.2) is 0 Å². The zero-order valence-corrected chi connectivity index (χ0v) is 10.6. The minimum absolute atomic E-state index is 0.0851. The first-order valence-electron chi connectivity index (χ1n) is 6.27. The van der Waals surface area contributed by atoms with Gasteiger partial charge in [0, 0.05) is 20.4 Å². The number of hydrogen-bond donors (Lipinski definition) is 0. The Kier molecular flexibility index (Phi) is 3.62. The number of carbonyl (C=O) groups excluding carboxylic acids is 1. The molecule has 1 aliphatic rings. The Hall–Kier alpha value is -1.16. The highest BCUT2D eigenvalue weighted by Crippen LogP contribution is 2.32. The van der Waals surface area contributed by atoms with Crippen molar-refractivity contribution in [3.63, 3.8) is 0 Å². The second-order valence-corrected chi connectivity index (χ2v) is 4.78. The van der Waals surface area contributed by atoms with Crippen LogP contribution in [0.5, 0.6) is 0 Å². The molecule has 0 aromatic carbocycles. The third kappa shape index (κ3) is 2.27. The predicted octanol–water partition coefficient (Wildman–Crippen LogP) is 2.34. The molecule has 0 atom stereocenters. The van der Waals surface area contributed by atoms with Crippen molar-refractivity contribution in [3.05, 3.63) is 18.0 Å². The van der Waals surface area contributed by atoms with E-state index in [1.165, 1.54) is 12.8 Å². The second kappa shape index (κ2) is 5.00. The molecule has 0 bridgehead atoms. The average Bonchev–Trinajstić information content (AvgIpc) is 2.64. The van der Waals surface area contributed by atoms with Gasteiger partial charge in [-0.15, -0.1) is 0 Å². The lowest BCUT2D eigenvalue weighted by molar-refractivity contribution is -0.00764. The summed E-state index contributed by atoms with van der Waals surface area (Å²) in [4.78, 5) is 12.6. The van der Waals surface area contributed by atoms with Gasteiger partial charge in [-0.2, -0.15) is 5.10 Å². The molecule has 1 aromatic rings. The molecule has 0 saturated heterocycles. The summed E-state index contributed by atoms with van der Waals surface area (Å²) < 4.78 is 7.24. The van der Waals surface area contributed by atoms with E-state index in [2.05, 4.69) is 5.10 Å². The van der Waals surface area contributed by atoms with Crippen LogP contribution in [-0.4, -0.2) is 28.3 Å². The molecule has 0 unspecified atom stereocenters. The van der Waals surface area contributed by atoms with Gasteiger partial charge in [-0.1, -0.05) is 25.7 Å². The average molecular weight is 236 g/mol. The number of rotatable bonds is 3. The quantitative estimate of drug-likeness (QED) is 0.597. The second-order valence-electron chi connectivity index (χ2n) is 4.78. The number of aromatic nitrogens is 2. The van der Waals surface area contributed by atoms with Crippen LogP contribution in [-0.2, 0) is 11.8 Å². The van der Waals surface area contributed by atoms with Gasteiger partial charge in [0.15, 0.2) is 0 Å². The molecule has 0 amide bonds. The Morgan fingerprint density at radius 3 is 2.47 bits per heavy atom. The van der Waals surface area contributed by atoms with Gasteiger partial charge in [0.25, 0.3) is 0 Å². The van der Waals surface area contributed by atoms with Gasteiger partial charge in [0.2, 0.25) is 5.78 Å². The van der Waals surface area contributed by atoms with Gasteiger partial charge in [0.05, 0.1) is 0 Å². The van der Waals surface area contributed by atoms with Crippen molar-refractivity contribution in [1.29, 1.82) is 0 Å². The van der Waals surface area contributed by atoms with Crippen LogP contribution >= 0.6 is 0 Å². The van der Waals surface area contributed by atoms with Crippen LogP contribution in [0.4, 0.5) is 0 Å². The van der Waals surface area contributed by atoms with Crippen molar-refractivity contribution >= 4 is 5.78 Å². The monoisotopic (exact) mass is 236 g/mol. The number of Topliss-reactive ketones (excluding diaryl/α,β-unsaturated/α-hetero) is 1. The predicted molar refractivity (Wildman–Crippen MR) is 65.0 cm³/mol. The van der Waals surface area contributed by atoms with E-state index >= 15 is 0 Å². The highest BCUT2D eigenvalue weighted by atomic mass is 16.5. The van der Waals surface area contributed by atoms with Crippen LogP contribution in [0, 0.1) is 0 Å². The first-order chi connectivity index (χ1) is 8.19. The topological polar surface area (TPSA) is 44.1 Å². The molecule has 1 heterocycles. The van der Waals surface area contributed by atoms with Crippen molar-refractivity contribution in [3.8, 4) is 0 Å². The van der Waals surface area contributed by atoms with Crippen molar-refractivity contribution in [1.82, 2.24) is 9.78 Å². The van der Waals surface area contributed by atoms with Crippen LogP contribution in [0.2, 0.25) is 0 Å². The van der Waals surface area contributed by atoms with Crippen molar-refractivity contribution < 1.29 is 9.53 Å². The van der Waals surface area contributed by atoms with E-state index in [9.17, 15) is 4.79 Å². The fourth-order valence-corrected chi connectivity index (χ4v) is 2.65. The summed E-state index contributed by atoms with van der Waals surface area (Å²) in [5.74, 6) is 0.0851. The van der Waals surface area contributed by atoms with Crippen molar-refractivity contribution in [2.75, 3.05) is 7.11 Å². The number of carbonyl (C=O) groups is 1. The summed E-state index contributed by atoms with van der Waals surface area (Å²) in [7, 11) is 3.45. The Labute approximate surface area is 102 Å². The molecular formula is C13H20N2O2. The molecule has 4 nitrogen and oxygen atoms in total. The van der Waals surface area contributed by atoms with Gasteiger partial charge in [-0.05, 0) is 18.9 Å². The van der Waals surface area contributed by atoms with Gasteiger partial charge in [-0.3, -0.25) is 9.48 Å². The Balaban J connectivity index is 2.28. The zero-order valence-electron chi connectivity index (χ0n) is 10.6. The van der Waals surface area contributed by atoms with Gasteiger partial charge >= 0.3 is 0 Å². The number of ketones is 1. The first-order valence-corrected chi connectivity index (χ1v) is 6.27. The maximum absolute atomic E-state index is 12.6. The molecule has 1 aromatic heterocycles. The molecule has 1 aliphatic carbocycles.